The van der Waals surface area contributed by atoms with Gasteiger partial charge in [-0.2, -0.15) is 0 Å². The monoisotopic (exact) mass is 392 g/mol. The molecule has 0 aliphatic heterocycles. The number of benzene rings is 2. The molecular weight excluding hydrogens is 364 g/mol. The summed E-state index contributed by atoms with van der Waals surface area (Å²) in [6.07, 6.45) is 0. The first-order chi connectivity index (χ1) is 13.9. The van der Waals surface area contributed by atoms with Gasteiger partial charge in [0, 0.05) is 17.2 Å². The van der Waals surface area contributed by atoms with Crippen LogP contribution >= 0.6 is 0 Å². The molecule has 1 N–H and O–H groups in total. The minimum Gasteiger partial charge on any atom is -0.356 e. The predicted octanol–water partition coefficient (Wildman–Crippen LogP) is 4.29. The van der Waals surface area contributed by atoms with Gasteiger partial charge < -0.3 is 4.74 Å². The van der Waals surface area contributed by atoms with E-state index in [0.717, 1.165) is 11.1 Å². The van der Waals surface area contributed by atoms with E-state index in [2.05, 4.69) is 4.98 Å². The minimum absolute atomic E-state index is 0.0254. The van der Waals surface area contributed by atoms with Crippen LogP contribution < -0.4 is 11.2 Å². The van der Waals surface area contributed by atoms with Crippen molar-refractivity contribution in [3.05, 3.63) is 103 Å². The normalized spacial score (nSPS) is 12.3. The molecule has 3 rings (SSSR count). The van der Waals surface area contributed by atoms with Crippen LogP contribution in [0.5, 0.6) is 0 Å². The molecule has 1 aromatic heterocycles. The predicted molar refractivity (Wildman–Crippen MR) is 115 cm³/mol. The van der Waals surface area contributed by atoms with Crippen LogP contribution in [-0.4, -0.2) is 9.55 Å². The van der Waals surface area contributed by atoms with Crippen LogP contribution in [-0.2, 0) is 18.1 Å². The molecule has 5 nitrogen and oxygen atoms in total. The lowest BCUT2D eigenvalue weighted by atomic mass is 9.90. The number of nitrogens with zero attached hydrogens (tertiary/aromatic N) is 1. The first kappa shape index (κ1) is 20.8. The molecule has 0 spiro atoms. The molecule has 1 atom stereocenters. The number of hydrogen-bond acceptors (Lipinski definition) is 3. The topological polar surface area (TPSA) is 64.1 Å². The Labute approximate surface area is 171 Å². The van der Waals surface area contributed by atoms with Crippen molar-refractivity contribution < 1.29 is 4.74 Å². The highest BCUT2D eigenvalue weighted by molar-refractivity contribution is 5.35. The van der Waals surface area contributed by atoms with E-state index in [1.165, 1.54) is 5.56 Å². The molecule has 0 bridgehead atoms. The Hall–Kier alpha value is -2.92. The number of aromatic amines is 1. The van der Waals surface area contributed by atoms with Crippen molar-refractivity contribution in [2.45, 2.75) is 52.9 Å². The molecular formula is C24H28N2O3. The van der Waals surface area contributed by atoms with Gasteiger partial charge in [-0.05, 0) is 24.0 Å². The molecule has 1 heterocycles. The Morgan fingerprint density at radius 1 is 0.966 bits per heavy atom. The number of aryl methyl sites for hydroxylation is 1. The van der Waals surface area contributed by atoms with E-state index in [9.17, 15) is 9.59 Å². The SMILES string of the molecule is Cc1ccc(C(C)c2c(C(C)C)c(=O)[nH]c(=O)n2COCc2ccccc2)cc1. The first-order valence-corrected chi connectivity index (χ1v) is 9.93. The maximum absolute atomic E-state index is 12.7. The summed E-state index contributed by atoms with van der Waals surface area (Å²) in [5, 5.41) is 0. The van der Waals surface area contributed by atoms with Gasteiger partial charge in [0.1, 0.15) is 6.73 Å². The van der Waals surface area contributed by atoms with Crippen LogP contribution in [0.25, 0.3) is 0 Å². The summed E-state index contributed by atoms with van der Waals surface area (Å²) in [4.78, 5) is 27.8. The average molecular weight is 392 g/mol. The zero-order valence-electron chi connectivity index (χ0n) is 17.4. The zero-order chi connectivity index (χ0) is 21.0. The van der Waals surface area contributed by atoms with Gasteiger partial charge in [-0.15, -0.1) is 0 Å². The fourth-order valence-electron chi connectivity index (χ4n) is 3.60. The number of H-pyrrole nitrogens is 1. The Bertz CT molecular complexity index is 1060. The smallest absolute Gasteiger partial charge is 0.330 e. The standard InChI is InChI=1S/C24H28N2O3/c1-16(2)21-22(18(4)20-12-10-17(3)11-13-20)26(24(28)25-23(21)27)15-29-14-19-8-6-5-7-9-19/h5-13,16,18H,14-15H2,1-4H3,(H,25,27,28). The van der Waals surface area contributed by atoms with Crippen molar-refractivity contribution in [2.75, 3.05) is 0 Å². The van der Waals surface area contributed by atoms with Crippen LogP contribution in [0.3, 0.4) is 0 Å². The van der Waals surface area contributed by atoms with Crippen molar-refractivity contribution in [1.29, 1.82) is 0 Å². The van der Waals surface area contributed by atoms with Gasteiger partial charge in [0.15, 0.2) is 0 Å². The van der Waals surface area contributed by atoms with E-state index in [0.29, 0.717) is 17.9 Å². The summed E-state index contributed by atoms with van der Waals surface area (Å²) in [7, 11) is 0. The van der Waals surface area contributed by atoms with Crippen LogP contribution in [0.4, 0.5) is 0 Å². The van der Waals surface area contributed by atoms with Crippen LogP contribution in [0, 0.1) is 6.92 Å². The molecule has 29 heavy (non-hydrogen) atoms. The maximum Gasteiger partial charge on any atom is 0.330 e. The third-order valence-electron chi connectivity index (χ3n) is 5.17. The molecule has 5 heteroatoms. The summed E-state index contributed by atoms with van der Waals surface area (Å²) < 4.78 is 7.41. The van der Waals surface area contributed by atoms with E-state index in [1.54, 1.807) is 4.57 Å². The second kappa shape index (κ2) is 9.05. The molecule has 0 aliphatic carbocycles. The fourth-order valence-corrected chi connectivity index (χ4v) is 3.60. The van der Waals surface area contributed by atoms with Gasteiger partial charge >= 0.3 is 5.69 Å². The van der Waals surface area contributed by atoms with E-state index in [-0.39, 0.29) is 24.1 Å². The number of rotatable bonds is 7. The lowest BCUT2D eigenvalue weighted by Crippen LogP contribution is -2.37. The highest BCUT2D eigenvalue weighted by Crippen LogP contribution is 2.28. The second-order valence-electron chi connectivity index (χ2n) is 7.74. The van der Waals surface area contributed by atoms with Crippen molar-refractivity contribution >= 4 is 0 Å². The highest BCUT2D eigenvalue weighted by Gasteiger charge is 2.23. The van der Waals surface area contributed by atoms with E-state index in [4.69, 9.17) is 4.74 Å². The molecule has 2 aromatic carbocycles. The molecule has 1 unspecified atom stereocenters. The Morgan fingerprint density at radius 3 is 2.24 bits per heavy atom. The number of nitrogens with one attached hydrogen (secondary N) is 1. The van der Waals surface area contributed by atoms with Gasteiger partial charge in [0.2, 0.25) is 0 Å². The number of hydrogen-bond donors (Lipinski definition) is 1. The van der Waals surface area contributed by atoms with E-state index >= 15 is 0 Å². The van der Waals surface area contributed by atoms with Gasteiger partial charge in [-0.3, -0.25) is 14.3 Å². The van der Waals surface area contributed by atoms with Crippen LogP contribution in [0.15, 0.2) is 64.2 Å². The van der Waals surface area contributed by atoms with Crippen LogP contribution in [0.1, 0.15) is 60.6 Å². The lowest BCUT2D eigenvalue weighted by Gasteiger charge is -2.23. The molecule has 152 valence electrons. The molecule has 0 amide bonds. The van der Waals surface area contributed by atoms with E-state index in [1.807, 2.05) is 82.3 Å². The van der Waals surface area contributed by atoms with Gasteiger partial charge in [0.25, 0.3) is 5.56 Å². The van der Waals surface area contributed by atoms with Gasteiger partial charge in [0.05, 0.1) is 6.61 Å². The highest BCUT2D eigenvalue weighted by atomic mass is 16.5. The second-order valence-corrected chi connectivity index (χ2v) is 7.74. The third-order valence-corrected chi connectivity index (χ3v) is 5.17. The molecule has 3 aromatic rings. The van der Waals surface area contributed by atoms with Crippen molar-refractivity contribution in [3.63, 3.8) is 0 Å². The summed E-state index contributed by atoms with van der Waals surface area (Å²) in [5.74, 6) is -0.147. The van der Waals surface area contributed by atoms with Gasteiger partial charge in [-0.25, -0.2) is 4.79 Å². The molecule has 0 fully saturated rings. The summed E-state index contributed by atoms with van der Waals surface area (Å²) in [6.45, 7) is 8.47. The maximum atomic E-state index is 12.7. The van der Waals surface area contributed by atoms with Gasteiger partial charge in [-0.1, -0.05) is 80.9 Å². The Kier molecular flexibility index (Phi) is 6.49. The number of aromatic nitrogens is 2. The van der Waals surface area contributed by atoms with Crippen molar-refractivity contribution in [2.24, 2.45) is 0 Å². The average Bonchev–Trinajstić information content (AvgIpc) is 2.69. The Morgan fingerprint density at radius 2 is 1.62 bits per heavy atom. The number of ether oxygens (including phenoxy) is 1. The van der Waals surface area contributed by atoms with Crippen molar-refractivity contribution in [1.82, 2.24) is 9.55 Å². The largest absolute Gasteiger partial charge is 0.356 e. The third kappa shape index (κ3) is 4.74. The summed E-state index contributed by atoms with van der Waals surface area (Å²) in [6, 6.07) is 18.0. The molecule has 0 aliphatic rings. The molecule has 0 saturated carbocycles. The van der Waals surface area contributed by atoms with Crippen LogP contribution in [0.2, 0.25) is 0 Å². The first-order valence-electron chi connectivity index (χ1n) is 9.93. The minimum atomic E-state index is -0.443. The molecule has 0 saturated heterocycles. The Balaban J connectivity index is 2.02. The van der Waals surface area contributed by atoms with Crippen molar-refractivity contribution in [3.8, 4) is 0 Å². The lowest BCUT2D eigenvalue weighted by molar-refractivity contribution is 0.0583. The van der Waals surface area contributed by atoms with E-state index < -0.39 is 5.69 Å². The fraction of sp³-hybridized carbons (Fsp3) is 0.333. The summed E-state index contributed by atoms with van der Waals surface area (Å²) in [5.41, 5.74) is 3.83. The zero-order valence-corrected chi connectivity index (χ0v) is 17.4. The molecule has 0 radical (unpaired) electrons. The summed E-state index contributed by atoms with van der Waals surface area (Å²) >= 11 is 0. The quantitative estimate of drug-likeness (QED) is 0.652.